The number of thioether (sulfide) groups is 1. The van der Waals surface area contributed by atoms with Crippen LogP contribution in [0.3, 0.4) is 0 Å². The number of nitro groups is 1. The molecule has 0 saturated carbocycles. The van der Waals surface area contributed by atoms with Gasteiger partial charge in [-0.25, -0.2) is 4.39 Å². The summed E-state index contributed by atoms with van der Waals surface area (Å²) >= 11 is 1.40. The summed E-state index contributed by atoms with van der Waals surface area (Å²) in [5.41, 5.74) is 2.02. The number of non-ortho nitro benzene ring substituents is 1. The summed E-state index contributed by atoms with van der Waals surface area (Å²) in [6.07, 6.45) is 0. The van der Waals surface area contributed by atoms with E-state index in [1.54, 1.807) is 42.5 Å². The number of hydrogen-bond donors (Lipinski definition) is 0. The van der Waals surface area contributed by atoms with Crippen molar-refractivity contribution in [3.05, 3.63) is 82.2 Å². The van der Waals surface area contributed by atoms with Gasteiger partial charge in [-0.15, -0.1) is 10.2 Å². The maximum atomic E-state index is 13.6. The number of benzene rings is 2. The normalized spacial score (nSPS) is 10.5. The summed E-state index contributed by atoms with van der Waals surface area (Å²) in [7, 11) is 0. The molecule has 0 atom stereocenters. The molecule has 1 aromatic heterocycles. The second-order valence-electron chi connectivity index (χ2n) is 4.94. The third-order valence-corrected chi connectivity index (χ3v) is 4.32. The average Bonchev–Trinajstić information content (AvgIpc) is 2.62. The van der Waals surface area contributed by atoms with Crippen molar-refractivity contribution >= 4 is 17.4 Å². The lowest BCUT2D eigenvalue weighted by atomic mass is 10.1. The van der Waals surface area contributed by atoms with Crippen LogP contribution in [0.4, 0.5) is 10.1 Å². The minimum absolute atomic E-state index is 0.0313. The van der Waals surface area contributed by atoms with Gasteiger partial charge in [-0.1, -0.05) is 30.0 Å². The smallest absolute Gasteiger partial charge is 0.258 e. The third kappa shape index (κ3) is 3.75. The second kappa shape index (κ2) is 7.18. The predicted molar refractivity (Wildman–Crippen MR) is 90.1 cm³/mol. The molecule has 24 heavy (non-hydrogen) atoms. The molecule has 0 aliphatic carbocycles. The maximum absolute atomic E-state index is 13.6. The van der Waals surface area contributed by atoms with Gasteiger partial charge in [0.25, 0.3) is 5.69 Å². The van der Waals surface area contributed by atoms with Gasteiger partial charge in [0.1, 0.15) is 10.8 Å². The van der Waals surface area contributed by atoms with Crippen molar-refractivity contribution in [2.45, 2.75) is 10.8 Å². The van der Waals surface area contributed by atoms with E-state index >= 15 is 0 Å². The first-order valence-corrected chi connectivity index (χ1v) is 8.07. The summed E-state index contributed by atoms with van der Waals surface area (Å²) in [5, 5.41) is 19.6. The zero-order valence-corrected chi connectivity index (χ0v) is 13.2. The highest BCUT2D eigenvalue weighted by Gasteiger charge is 2.07. The highest BCUT2D eigenvalue weighted by molar-refractivity contribution is 7.98. The Morgan fingerprint density at radius 2 is 1.75 bits per heavy atom. The van der Waals surface area contributed by atoms with Crippen LogP contribution in [-0.4, -0.2) is 15.1 Å². The number of nitrogens with zero attached hydrogens (tertiary/aromatic N) is 3. The molecule has 0 bridgehead atoms. The number of rotatable bonds is 5. The largest absolute Gasteiger partial charge is 0.269 e. The molecule has 0 unspecified atom stereocenters. The number of hydrogen-bond acceptors (Lipinski definition) is 5. The van der Waals surface area contributed by atoms with Gasteiger partial charge < -0.3 is 0 Å². The van der Waals surface area contributed by atoms with E-state index in [1.165, 1.54) is 30.0 Å². The molecule has 0 amide bonds. The highest BCUT2D eigenvalue weighted by atomic mass is 32.2. The quantitative estimate of drug-likeness (QED) is 0.389. The molecule has 0 radical (unpaired) electrons. The molecule has 0 fully saturated rings. The average molecular weight is 341 g/mol. The first-order valence-electron chi connectivity index (χ1n) is 7.08. The highest BCUT2D eigenvalue weighted by Crippen LogP contribution is 2.24. The van der Waals surface area contributed by atoms with Crippen molar-refractivity contribution in [2.24, 2.45) is 0 Å². The third-order valence-electron chi connectivity index (χ3n) is 3.35. The van der Waals surface area contributed by atoms with Gasteiger partial charge >= 0.3 is 0 Å². The molecule has 5 nitrogen and oxygen atoms in total. The molecule has 120 valence electrons. The van der Waals surface area contributed by atoms with Crippen molar-refractivity contribution in [1.82, 2.24) is 10.2 Å². The van der Waals surface area contributed by atoms with Crippen molar-refractivity contribution in [1.29, 1.82) is 0 Å². The lowest BCUT2D eigenvalue weighted by Gasteiger charge is -2.04. The SMILES string of the molecule is O=[N+]([O-])c1ccc(-c2ccc(SCc3ccccc3F)nn2)cc1. The van der Waals surface area contributed by atoms with Gasteiger partial charge in [0.15, 0.2) is 0 Å². The summed E-state index contributed by atoms with van der Waals surface area (Å²) in [4.78, 5) is 10.2. The Labute approximate surface area is 141 Å². The molecule has 1 heterocycles. The Morgan fingerprint density at radius 1 is 1.00 bits per heavy atom. The van der Waals surface area contributed by atoms with Gasteiger partial charge in [-0.2, -0.15) is 0 Å². The van der Waals surface area contributed by atoms with Crippen LogP contribution in [0.2, 0.25) is 0 Å². The van der Waals surface area contributed by atoms with Gasteiger partial charge in [-0.3, -0.25) is 10.1 Å². The zero-order chi connectivity index (χ0) is 16.9. The minimum Gasteiger partial charge on any atom is -0.258 e. The van der Waals surface area contributed by atoms with Crippen LogP contribution in [0.1, 0.15) is 5.56 Å². The summed E-state index contributed by atoms with van der Waals surface area (Å²) < 4.78 is 13.6. The topological polar surface area (TPSA) is 68.9 Å². The molecule has 3 rings (SSSR count). The van der Waals surface area contributed by atoms with Gasteiger partial charge in [0.05, 0.1) is 10.6 Å². The Bertz CT molecular complexity index is 854. The van der Waals surface area contributed by atoms with Crippen molar-refractivity contribution in [3.8, 4) is 11.3 Å². The van der Waals surface area contributed by atoms with Gasteiger partial charge in [0.2, 0.25) is 0 Å². The monoisotopic (exact) mass is 341 g/mol. The van der Waals surface area contributed by atoms with Crippen molar-refractivity contribution in [2.75, 3.05) is 0 Å². The Hall–Kier alpha value is -2.80. The van der Waals surface area contributed by atoms with Crippen molar-refractivity contribution in [3.63, 3.8) is 0 Å². The second-order valence-corrected chi connectivity index (χ2v) is 5.94. The maximum Gasteiger partial charge on any atom is 0.269 e. The first kappa shape index (κ1) is 16.1. The van der Waals surface area contributed by atoms with E-state index in [0.717, 1.165) is 5.56 Å². The Kier molecular flexibility index (Phi) is 4.81. The molecule has 0 aliphatic rings. The number of aromatic nitrogens is 2. The molecule has 0 spiro atoms. The Balaban J connectivity index is 1.69. The van der Waals surface area contributed by atoms with E-state index in [2.05, 4.69) is 10.2 Å². The number of nitro benzene ring substituents is 1. The lowest BCUT2D eigenvalue weighted by molar-refractivity contribution is -0.384. The molecule has 7 heteroatoms. The van der Waals surface area contributed by atoms with Crippen LogP contribution >= 0.6 is 11.8 Å². The standard InChI is InChI=1S/C17H12FN3O2S/c18-15-4-2-1-3-13(15)11-24-17-10-9-16(19-20-17)12-5-7-14(8-6-12)21(22)23/h1-10H,11H2. The van der Waals surface area contributed by atoms with Gasteiger partial charge in [0, 0.05) is 23.4 Å². The van der Waals surface area contributed by atoms with E-state index in [1.807, 2.05) is 0 Å². The van der Waals surface area contributed by atoms with Crippen LogP contribution in [0.25, 0.3) is 11.3 Å². The summed E-state index contributed by atoms with van der Waals surface area (Å²) in [6, 6.07) is 16.3. The molecule has 0 N–H and O–H groups in total. The summed E-state index contributed by atoms with van der Waals surface area (Å²) in [6.45, 7) is 0. The first-order chi connectivity index (χ1) is 11.6. The van der Waals surface area contributed by atoms with Crippen LogP contribution in [0.5, 0.6) is 0 Å². The fourth-order valence-electron chi connectivity index (χ4n) is 2.07. The van der Waals surface area contributed by atoms with Crippen LogP contribution < -0.4 is 0 Å². The minimum atomic E-state index is -0.447. The zero-order valence-electron chi connectivity index (χ0n) is 12.4. The van der Waals surface area contributed by atoms with E-state index in [9.17, 15) is 14.5 Å². The molecule has 3 aromatic rings. The summed E-state index contributed by atoms with van der Waals surface area (Å²) in [5.74, 6) is 0.235. The van der Waals surface area contributed by atoms with E-state index in [0.29, 0.717) is 22.0 Å². The van der Waals surface area contributed by atoms with E-state index in [4.69, 9.17) is 0 Å². The molecular formula is C17H12FN3O2S. The van der Waals surface area contributed by atoms with E-state index in [-0.39, 0.29) is 11.5 Å². The molecular weight excluding hydrogens is 329 g/mol. The predicted octanol–water partition coefficient (Wildman–Crippen LogP) is 4.48. The molecule has 2 aromatic carbocycles. The lowest BCUT2D eigenvalue weighted by Crippen LogP contribution is -1.92. The van der Waals surface area contributed by atoms with E-state index < -0.39 is 4.92 Å². The van der Waals surface area contributed by atoms with Crippen LogP contribution in [0, 0.1) is 15.9 Å². The van der Waals surface area contributed by atoms with Gasteiger partial charge in [-0.05, 0) is 35.9 Å². The molecule has 0 saturated heterocycles. The molecule has 0 aliphatic heterocycles. The van der Waals surface area contributed by atoms with Crippen molar-refractivity contribution < 1.29 is 9.31 Å². The number of halogens is 1. The fourth-order valence-corrected chi connectivity index (χ4v) is 2.87. The van der Waals surface area contributed by atoms with Crippen LogP contribution in [0.15, 0.2) is 65.7 Å². The Morgan fingerprint density at radius 3 is 2.38 bits per heavy atom. The van der Waals surface area contributed by atoms with Crippen LogP contribution in [-0.2, 0) is 5.75 Å². The fraction of sp³-hybridized carbons (Fsp3) is 0.0588.